The van der Waals surface area contributed by atoms with Crippen molar-refractivity contribution >= 4 is 17.9 Å². The molecular formula is C9H13NO7. The Labute approximate surface area is 96.3 Å². The van der Waals surface area contributed by atoms with Crippen molar-refractivity contribution in [2.24, 2.45) is 5.73 Å². The van der Waals surface area contributed by atoms with Gasteiger partial charge in [0.05, 0.1) is 11.7 Å². The first-order valence-electron chi connectivity index (χ1n) is 4.47. The Morgan fingerprint density at radius 3 is 2.06 bits per heavy atom. The Hall–Kier alpha value is -1.93. The van der Waals surface area contributed by atoms with E-state index in [1.807, 2.05) is 0 Å². The third-order valence-electron chi connectivity index (χ3n) is 1.84. The highest BCUT2D eigenvalue weighted by molar-refractivity contribution is 5.96. The third-order valence-corrected chi connectivity index (χ3v) is 1.84. The summed E-state index contributed by atoms with van der Waals surface area (Å²) in [5.41, 5.74) is 4.37. The average molecular weight is 247 g/mol. The van der Waals surface area contributed by atoms with Crippen LogP contribution >= 0.6 is 0 Å². The molecule has 0 aromatic heterocycles. The number of carbonyl (C=O) groups excluding carboxylic acids is 1. The summed E-state index contributed by atoms with van der Waals surface area (Å²) in [6, 6.07) is -1.46. The first-order chi connectivity index (χ1) is 7.68. The van der Waals surface area contributed by atoms with E-state index in [2.05, 4.69) is 11.3 Å². The Kier molecular flexibility index (Phi) is 5.29. The van der Waals surface area contributed by atoms with Gasteiger partial charge >= 0.3 is 17.9 Å². The monoisotopic (exact) mass is 247 g/mol. The predicted octanol–water partition coefficient (Wildman–Crippen LogP) is -1.67. The van der Waals surface area contributed by atoms with E-state index in [9.17, 15) is 14.4 Å². The molecular weight excluding hydrogens is 234 g/mol. The van der Waals surface area contributed by atoms with Crippen molar-refractivity contribution < 1.29 is 34.4 Å². The summed E-state index contributed by atoms with van der Waals surface area (Å²) >= 11 is 0. The fourth-order valence-electron chi connectivity index (χ4n) is 0.774. The predicted molar refractivity (Wildman–Crippen MR) is 53.9 cm³/mol. The molecule has 5 N–H and O–H groups in total. The molecule has 0 rings (SSSR count). The molecule has 0 bridgehead atoms. The zero-order chi connectivity index (χ0) is 13.7. The molecule has 0 aliphatic rings. The summed E-state index contributed by atoms with van der Waals surface area (Å²) in [6.07, 6.45) is -3.29. The maximum absolute atomic E-state index is 11.2. The fourth-order valence-corrected chi connectivity index (χ4v) is 0.774. The number of ether oxygens (including phenoxy) is 1. The Morgan fingerprint density at radius 1 is 1.29 bits per heavy atom. The van der Waals surface area contributed by atoms with Crippen LogP contribution in [0.4, 0.5) is 0 Å². The fraction of sp³-hybridized carbons (Fsp3) is 0.444. The molecule has 0 aliphatic heterocycles. The van der Waals surface area contributed by atoms with Crippen LogP contribution in [0.15, 0.2) is 12.2 Å². The first-order valence-corrected chi connectivity index (χ1v) is 4.47. The van der Waals surface area contributed by atoms with E-state index in [-0.39, 0.29) is 0 Å². The van der Waals surface area contributed by atoms with E-state index in [1.165, 1.54) is 6.92 Å². The molecule has 0 saturated heterocycles. The van der Waals surface area contributed by atoms with Gasteiger partial charge in [0.15, 0.2) is 0 Å². The van der Waals surface area contributed by atoms with E-state index in [4.69, 9.17) is 21.1 Å². The van der Waals surface area contributed by atoms with Gasteiger partial charge < -0.3 is 25.8 Å². The molecule has 8 nitrogen and oxygen atoms in total. The van der Waals surface area contributed by atoms with Gasteiger partial charge in [0.1, 0.15) is 6.04 Å². The Balaban J connectivity index is 4.79. The number of carboxylic acid groups (broad SMARTS) is 2. The van der Waals surface area contributed by atoms with Crippen LogP contribution in [0.2, 0.25) is 0 Å². The number of aliphatic hydroxyl groups is 1. The van der Waals surface area contributed by atoms with Crippen LogP contribution in [-0.2, 0) is 19.1 Å². The molecule has 96 valence electrons. The van der Waals surface area contributed by atoms with Gasteiger partial charge in [0.25, 0.3) is 0 Å². The van der Waals surface area contributed by atoms with Crippen molar-refractivity contribution in [3.8, 4) is 0 Å². The van der Waals surface area contributed by atoms with Crippen molar-refractivity contribution in [3.63, 3.8) is 0 Å². The number of esters is 1. The molecule has 0 amide bonds. The zero-order valence-corrected chi connectivity index (χ0v) is 8.99. The number of carbonyl (C=O) groups is 3. The van der Waals surface area contributed by atoms with Gasteiger partial charge in [-0.1, -0.05) is 6.58 Å². The smallest absolute Gasteiger partial charge is 0.350 e. The lowest BCUT2D eigenvalue weighted by atomic mass is 10.1. The maximum Gasteiger partial charge on any atom is 0.350 e. The topological polar surface area (TPSA) is 147 Å². The van der Waals surface area contributed by atoms with Crippen LogP contribution < -0.4 is 5.73 Å². The molecule has 0 aliphatic carbocycles. The van der Waals surface area contributed by atoms with Crippen LogP contribution in [0, 0.1) is 0 Å². The molecule has 0 fully saturated rings. The summed E-state index contributed by atoms with van der Waals surface area (Å²) in [6.45, 7) is 4.17. The molecule has 0 aromatic carbocycles. The summed E-state index contributed by atoms with van der Waals surface area (Å²) in [4.78, 5) is 32.4. The highest BCUT2D eigenvalue weighted by Gasteiger charge is 2.32. The number of nitrogens with two attached hydrogens (primary N) is 1. The van der Waals surface area contributed by atoms with Crippen LogP contribution in [0.25, 0.3) is 0 Å². The number of aliphatic hydroxyl groups excluding tert-OH is 1. The molecule has 8 heteroatoms. The van der Waals surface area contributed by atoms with E-state index in [0.717, 1.165) is 0 Å². The van der Waals surface area contributed by atoms with E-state index >= 15 is 0 Å². The lowest BCUT2D eigenvalue weighted by Crippen LogP contribution is -2.44. The number of aliphatic carboxylic acids is 2. The van der Waals surface area contributed by atoms with Crippen LogP contribution in [-0.4, -0.2) is 51.5 Å². The van der Waals surface area contributed by atoms with Crippen molar-refractivity contribution in [1.82, 2.24) is 0 Å². The van der Waals surface area contributed by atoms with E-state index in [0.29, 0.717) is 0 Å². The van der Waals surface area contributed by atoms with E-state index in [1.54, 1.807) is 0 Å². The highest BCUT2D eigenvalue weighted by Crippen LogP contribution is 2.08. The SMILES string of the molecule is C=C(C(=O)O)C(OC(=O)C(N)C(C)O)C(=O)O. The minimum absolute atomic E-state index is 0.816. The van der Waals surface area contributed by atoms with Gasteiger partial charge in [-0.05, 0) is 6.92 Å². The van der Waals surface area contributed by atoms with Gasteiger partial charge in [0, 0.05) is 0 Å². The second kappa shape index (κ2) is 5.97. The number of rotatable bonds is 6. The van der Waals surface area contributed by atoms with Gasteiger partial charge in [-0.3, -0.25) is 4.79 Å². The van der Waals surface area contributed by atoms with Crippen molar-refractivity contribution in [3.05, 3.63) is 12.2 Å². The highest BCUT2D eigenvalue weighted by atomic mass is 16.6. The van der Waals surface area contributed by atoms with Crippen LogP contribution in [0.3, 0.4) is 0 Å². The standard InChI is InChI=1S/C9H13NO7/c1-3(7(12)13)6(8(14)15)17-9(16)5(10)4(2)11/h4-6,11H,1,10H2,2H3,(H,12,13)(H,14,15). The summed E-state index contributed by atoms with van der Waals surface area (Å²) < 4.78 is 4.35. The lowest BCUT2D eigenvalue weighted by Gasteiger charge is -2.18. The van der Waals surface area contributed by atoms with Gasteiger partial charge in [-0.25, -0.2) is 9.59 Å². The molecule has 0 spiro atoms. The minimum atomic E-state index is -2.04. The van der Waals surface area contributed by atoms with Gasteiger partial charge in [-0.15, -0.1) is 0 Å². The molecule has 0 heterocycles. The Bertz CT molecular complexity index is 349. The quantitative estimate of drug-likeness (QED) is 0.322. The largest absolute Gasteiger partial charge is 0.478 e. The van der Waals surface area contributed by atoms with Crippen molar-refractivity contribution in [1.29, 1.82) is 0 Å². The molecule has 3 atom stereocenters. The summed E-state index contributed by atoms with van der Waals surface area (Å²) in [7, 11) is 0. The zero-order valence-electron chi connectivity index (χ0n) is 8.99. The lowest BCUT2D eigenvalue weighted by molar-refractivity contribution is -0.165. The summed E-state index contributed by atoms with van der Waals surface area (Å²) in [5, 5.41) is 26.2. The average Bonchev–Trinajstić information content (AvgIpc) is 2.22. The van der Waals surface area contributed by atoms with Gasteiger partial charge in [0.2, 0.25) is 6.10 Å². The molecule has 17 heavy (non-hydrogen) atoms. The summed E-state index contributed by atoms with van der Waals surface area (Å²) in [5.74, 6) is -4.53. The molecule has 0 saturated carbocycles. The molecule has 0 aromatic rings. The van der Waals surface area contributed by atoms with Crippen molar-refractivity contribution in [2.45, 2.75) is 25.2 Å². The number of hydrogen-bond acceptors (Lipinski definition) is 6. The van der Waals surface area contributed by atoms with Gasteiger partial charge in [-0.2, -0.15) is 0 Å². The van der Waals surface area contributed by atoms with Crippen LogP contribution in [0.5, 0.6) is 0 Å². The first kappa shape index (κ1) is 15.1. The third kappa shape index (κ3) is 4.21. The Morgan fingerprint density at radius 2 is 1.76 bits per heavy atom. The molecule has 0 radical (unpaired) electrons. The number of hydrogen-bond donors (Lipinski definition) is 4. The molecule has 3 unspecified atom stereocenters. The van der Waals surface area contributed by atoms with Crippen molar-refractivity contribution in [2.75, 3.05) is 0 Å². The van der Waals surface area contributed by atoms with E-state index < -0.39 is 41.7 Å². The normalized spacial score (nSPS) is 15.5. The second-order valence-electron chi connectivity index (χ2n) is 3.25. The number of carboxylic acids is 2. The second-order valence-corrected chi connectivity index (χ2v) is 3.25. The van der Waals surface area contributed by atoms with Crippen LogP contribution in [0.1, 0.15) is 6.92 Å². The minimum Gasteiger partial charge on any atom is -0.478 e. The maximum atomic E-state index is 11.2.